The Labute approximate surface area is 110 Å². The number of halogens is 1. The third kappa shape index (κ3) is 3.06. The second-order valence-electron chi connectivity index (χ2n) is 4.48. The molecule has 1 saturated heterocycles. The predicted molar refractivity (Wildman–Crippen MR) is 74.0 cm³/mol. The molecule has 2 heterocycles. The van der Waals surface area contributed by atoms with Crippen LogP contribution in [-0.4, -0.2) is 42.5 Å². The minimum Gasteiger partial charge on any atom is -0.301 e. The lowest BCUT2D eigenvalue weighted by Crippen LogP contribution is -2.50. The first-order valence-electron chi connectivity index (χ1n) is 5.86. The van der Waals surface area contributed by atoms with Crippen LogP contribution in [0.1, 0.15) is 18.2 Å². The standard InChI is InChI=1S/C12H19BrN2S/c1-3-10-8-15(7-6-14(10)2)9-11-4-5-12(13)16-11/h4-5,10H,3,6-9H2,1-2H3. The predicted octanol–water partition coefficient (Wildman–Crippen LogP) is 3.04. The molecule has 0 bridgehead atoms. The van der Waals surface area contributed by atoms with Gasteiger partial charge >= 0.3 is 0 Å². The molecule has 1 aliphatic rings. The van der Waals surface area contributed by atoms with Crippen LogP contribution in [0.15, 0.2) is 15.9 Å². The van der Waals surface area contributed by atoms with Gasteiger partial charge < -0.3 is 4.90 Å². The monoisotopic (exact) mass is 302 g/mol. The summed E-state index contributed by atoms with van der Waals surface area (Å²) in [6.07, 6.45) is 1.25. The zero-order valence-corrected chi connectivity index (χ0v) is 12.4. The highest BCUT2D eigenvalue weighted by atomic mass is 79.9. The molecule has 1 atom stereocenters. The van der Waals surface area contributed by atoms with Gasteiger partial charge in [0.1, 0.15) is 0 Å². The molecule has 16 heavy (non-hydrogen) atoms. The Bertz CT molecular complexity index is 340. The SMILES string of the molecule is CCC1CN(Cc2ccc(Br)s2)CCN1C. The second kappa shape index (κ2) is 5.63. The summed E-state index contributed by atoms with van der Waals surface area (Å²) in [5.74, 6) is 0. The molecule has 1 aromatic rings. The molecule has 0 saturated carbocycles. The Morgan fingerprint density at radius 2 is 2.25 bits per heavy atom. The number of rotatable bonds is 3. The van der Waals surface area contributed by atoms with Crippen LogP contribution in [0.5, 0.6) is 0 Å². The molecule has 0 aromatic carbocycles. The van der Waals surface area contributed by atoms with Crippen molar-refractivity contribution in [3.63, 3.8) is 0 Å². The lowest BCUT2D eigenvalue weighted by Gasteiger charge is -2.38. The van der Waals surface area contributed by atoms with E-state index < -0.39 is 0 Å². The Hall–Kier alpha value is 0.1000. The fraction of sp³-hybridized carbons (Fsp3) is 0.667. The van der Waals surface area contributed by atoms with Gasteiger partial charge in [-0.25, -0.2) is 0 Å². The van der Waals surface area contributed by atoms with Crippen molar-refractivity contribution >= 4 is 27.3 Å². The zero-order chi connectivity index (χ0) is 11.5. The van der Waals surface area contributed by atoms with E-state index in [9.17, 15) is 0 Å². The van der Waals surface area contributed by atoms with E-state index in [0.29, 0.717) is 0 Å². The molecule has 0 N–H and O–H groups in total. The molecule has 1 fully saturated rings. The van der Waals surface area contributed by atoms with E-state index in [-0.39, 0.29) is 0 Å². The third-order valence-electron chi connectivity index (χ3n) is 3.34. The van der Waals surface area contributed by atoms with Crippen LogP contribution in [0.3, 0.4) is 0 Å². The largest absolute Gasteiger partial charge is 0.301 e. The van der Waals surface area contributed by atoms with Crippen molar-refractivity contribution in [1.82, 2.24) is 9.80 Å². The number of likely N-dealkylation sites (N-methyl/N-ethyl adjacent to an activating group) is 1. The van der Waals surface area contributed by atoms with Gasteiger partial charge in [-0.3, -0.25) is 4.90 Å². The van der Waals surface area contributed by atoms with Crippen LogP contribution >= 0.6 is 27.3 Å². The van der Waals surface area contributed by atoms with Crippen LogP contribution in [0.4, 0.5) is 0 Å². The van der Waals surface area contributed by atoms with Crippen molar-refractivity contribution in [2.24, 2.45) is 0 Å². The van der Waals surface area contributed by atoms with Crippen LogP contribution < -0.4 is 0 Å². The van der Waals surface area contributed by atoms with Crippen LogP contribution in [0.2, 0.25) is 0 Å². The quantitative estimate of drug-likeness (QED) is 0.847. The maximum atomic E-state index is 3.52. The molecule has 1 aromatic heterocycles. The molecule has 1 aliphatic heterocycles. The minimum absolute atomic E-state index is 0.733. The van der Waals surface area contributed by atoms with Crippen molar-refractivity contribution in [2.45, 2.75) is 25.9 Å². The summed E-state index contributed by atoms with van der Waals surface area (Å²) in [5, 5.41) is 0. The average molecular weight is 303 g/mol. The first-order valence-corrected chi connectivity index (χ1v) is 7.46. The van der Waals surface area contributed by atoms with E-state index in [1.54, 1.807) is 0 Å². The molecule has 0 spiro atoms. The van der Waals surface area contributed by atoms with Gasteiger partial charge in [-0.1, -0.05) is 6.92 Å². The van der Waals surface area contributed by atoms with Crippen molar-refractivity contribution in [3.8, 4) is 0 Å². The molecule has 0 aliphatic carbocycles. The first-order chi connectivity index (χ1) is 7.69. The first kappa shape index (κ1) is 12.6. The van der Waals surface area contributed by atoms with E-state index in [1.165, 1.54) is 34.7 Å². The molecular weight excluding hydrogens is 284 g/mol. The lowest BCUT2D eigenvalue weighted by atomic mass is 10.1. The Kier molecular flexibility index (Phi) is 4.41. The number of hydrogen-bond donors (Lipinski definition) is 0. The molecule has 0 radical (unpaired) electrons. The summed E-state index contributed by atoms with van der Waals surface area (Å²) >= 11 is 5.38. The molecule has 1 unspecified atom stereocenters. The van der Waals surface area contributed by atoms with Gasteiger partial charge in [0, 0.05) is 37.1 Å². The molecular formula is C12H19BrN2S. The molecule has 2 nitrogen and oxygen atoms in total. The summed E-state index contributed by atoms with van der Waals surface area (Å²) in [7, 11) is 2.24. The van der Waals surface area contributed by atoms with Crippen LogP contribution in [-0.2, 0) is 6.54 Å². The van der Waals surface area contributed by atoms with Gasteiger partial charge in [-0.05, 0) is 41.5 Å². The molecule has 90 valence electrons. The van der Waals surface area contributed by atoms with Gasteiger partial charge in [-0.2, -0.15) is 0 Å². The molecule has 0 amide bonds. The van der Waals surface area contributed by atoms with Crippen molar-refractivity contribution in [3.05, 3.63) is 20.8 Å². The highest BCUT2D eigenvalue weighted by molar-refractivity contribution is 9.11. The Balaban J connectivity index is 1.91. The summed E-state index contributed by atoms with van der Waals surface area (Å²) in [4.78, 5) is 6.53. The summed E-state index contributed by atoms with van der Waals surface area (Å²) in [6, 6.07) is 5.11. The fourth-order valence-corrected chi connectivity index (χ4v) is 3.78. The topological polar surface area (TPSA) is 6.48 Å². The van der Waals surface area contributed by atoms with Gasteiger partial charge in [0.2, 0.25) is 0 Å². The molecule has 2 rings (SSSR count). The lowest BCUT2D eigenvalue weighted by molar-refractivity contribution is 0.0891. The van der Waals surface area contributed by atoms with Crippen molar-refractivity contribution in [1.29, 1.82) is 0 Å². The molecule has 4 heteroatoms. The fourth-order valence-electron chi connectivity index (χ4n) is 2.25. The summed E-state index contributed by atoms with van der Waals surface area (Å²) < 4.78 is 1.24. The van der Waals surface area contributed by atoms with E-state index in [4.69, 9.17) is 0 Å². The Morgan fingerprint density at radius 1 is 1.44 bits per heavy atom. The number of piperazine rings is 1. The number of nitrogens with zero attached hydrogens (tertiary/aromatic N) is 2. The average Bonchev–Trinajstić information content (AvgIpc) is 2.67. The van der Waals surface area contributed by atoms with E-state index in [0.717, 1.165) is 12.6 Å². The zero-order valence-electron chi connectivity index (χ0n) is 9.95. The highest BCUT2D eigenvalue weighted by Crippen LogP contribution is 2.24. The van der Waals surface area contributed by atoms with E-state index >= 15 is 0 Å². The third-order valence-corrected chi connectivity index (χ3v) is 4.95. The van der Waals surface area contributed by atoms with Crippen LogP contribution in [0, 0.1) is 0 Å². The van der Waals surface area contributed by atoms with Gasteiger partial charge in [-0.15, -0.1) is 11.3 Å². The minimum atomic E-state index is 0.733. The van der Waals surface area contributed by atoms with Gasteiger partial charge in [0.25, 0.3) is 0 Å². The highest BCUT2D eigenvalue weighted by Gasteiger charge is 2.22. The normalized spacial score (nSPS) is 23.8. The van der Waals surface area contributed by atoms with E-state index in [1.807, 2.05) is 11.3 Å². The second-order valence-corrected chi connectivity index (χ2v) is 7.03. The number of hydrogen-bond acceptors (Lipinski definition) is 3. The van der Waals surface area contributed by atoms with Crippen molar-refractivity contribution < 1.29 is 0 Å². The number of thiophene rings is 1. The summed E-state index contributed by atoms with van der Waals surface area (Å²) in [6.45, 7) is 7.00. The summed E-state index contributed by atoms with van der Waals surface area (Å²) in [5.41, 5.74) is 0. The van der Waals surface area contributed by atoms with Crippen molar-refractivity contribution in [2.75, 3.05) is 26.7 Å². The van der Waals surface area contributed by atoms with Gasteiger partial charge in [0.05, 0.1) is 3.79 Å². The van der Waals surface area contributed by atoms with E-state index in [2.05, 4.69) is 51.8 Å². The maximum absolute atomic E-state index is 3.52. The smallest absolute Gasteiger partial charge is 0.0701 e. The Morgan fingerprint density at radius 3 is 2.88 bits per heavy atom. The maximum Gasteiger partial charge on any atom is 0.0701 e. The van der Waals surface area contributed by atoms with Crippen LogP contribution in [0.25, 0.3) is 0 Å². The van der Waals surface area contributed by atoms with Gasteiger partial charge in [0.15, 0.2) is 0 Å².